The Morgan fingerprint density at radius 3 is 2.58 bits per heavy atom. The van der Waals surface area contributed by atoms with E-state index >= 15 is 0 Å². The Hall–Kier alpha value is -3.92. The number of hydrogen-bond acceptors (Lipinski definition) is 6. The third-order valence-electron chi connectivity index (χ3n) is 3.47. The second-order valence-corrected chi connectivity index (χ2v) is 5.28. The average Bonchev–Trinajstić information content (AvgIpc) is 2.66. The molecule has 7 heteroatoms. The maximum atomic E-state index is 12.0. The molecule has 0 radical (unpaired) electrons. The van der Waals surface area contributed by atoms with Gasteiger partial charge in [-0.2, -0.15) is 5.26 Å². The number of rotatable bonds is 4. The summed E-state index contributed by atoms with van der Waals surface area (Å²) < 4.78 is 10.2. The van der Waals surface area contributed by atoms with Crippen LogP contribution in [0.15, 0.2) is 63.8 Å². The van der Waals surface area contributed by atoms with E-state index in [1.165, 1.54) is 0 Å². The van der Waals surface area contributed by atoms with Crippen LogP contribution in [0.5, 0.6) is 0 Å². The smallest absolute Gasteiger partial charge is 0.374 e. The van der Waals surface area contributed by atoms with Gasteiger partial charge in [-0.3, -0.25) is 9.59 Å². The number of nitrogens with zero attached hydrogens (tertiary/aromatic N) is 1. The van der Waals surface area contributed by atoms with Crippen LogP contribution in [0, 0.1) is 11.3 Å². The number of carbonyl (C=O) groups excluding carboxylic acids is 2. The van der Waals surface area contributed by atoms with Gasteiger partial charge in [0.2, 0.25) is 5.76 Å². The molecule has 1 N–H and O–H groups in total. The Bertz CT molecular complexity index is 1080. The Morgan fingerprint density at radius 1 is 1.12 bits per heavy atom. The van der Waals surface area contributed by atoms with Crippen molar-refractivity contribution in [2.45, 2.75) is 0 Å². The van der Waals surface area contributed by atoms with Crippen molar-refractivity contribution in [1.82, 2.24) is 0 Å². The van der Waals surface area contributed by atoms with E-state index in [1.54, 1.807) is 48.5 Å². The maximum absolute atomic E-state index is 12.0. The van der Waals surface area contributed by atoms with Crippen molar-refractivity contribution in [1.29, 1.82) is 5.26 Å². The van der Waals surface area contributed by atoms with Gasteiger partial charge in [0.25, 0.3) is 5.91 Å². The predicted octanol–water partition coefficient (Wildman–Crippen LogP) is 2.46. The minimum absolute atomic E-state index is 0.258. The van der Waals surface area contributed by atoms with Crippen LogP contribution >= 0.6 is 0 Å². The van der Waals surface area contributed by atoms with E-state index in [-0.39, 0.29) is 16.8 Å². The Balaban J connectivity index is 1.64. The van der Waals surface area contributed by atoms with Gasteiger partial charge in [-0.25, -0.2) is 4.79 Å². The molecule has 0 bridgehead atoms. The number of carbonyl (C=O) groups is 2. The number of amides is 1. The van der Waals surface area contributed by atoms with Gasteiger partial charge in [0.15, 0.2) is 12.0 Å². The Labute approximate surface area is 147 Å². The molecule has 7 nitrogen and oxygen atoms in total. The second-order valence-electron chi connectivity index (χ2n) is 5.28. The fourth-order valence-corrected chi connectivity index (χ4v) is 2.23. The number of hydrogen-bond donors (Lipinski definition) is 1. The standard InChI is InChI=1S/C19H12N2O5/c20-10-12-5-7-13(8-6-12)21-18(23)11-25-19(24)17-9-15(22)14-3-1-2-4-16(14)26-17/h1-9H,11H2,(H,21,23). The van der Waals surface area contributed by atoms with Gasteiger partial charge in [0.1, 0.15) is 5.58 Å². The summed E-state index contributed by atoms with van der Waals surface area (Å²) in [6.07, 6.45) is 0. The number of nitrogens with one attached hydrogen (secondary N) is 1. The molecule has 2 aromatic carbocycles. The molecule has 0 aliphatic carbocycles. The molecule has 0 atom stereocenters. The summed E-state index contributed by atoms with van der Waals surface area (Å²) in [7, 11) is 0. The van der Waals surface area contributed by atoms with E-state index in [0.717, 1.165) is 6.07 Å². The number of benzene rings is 2. The van der Waals surface area contributed by atoms with Gasteiger partial charge in [-0.05, 0) is 36.4 Å². The highest BCUT2D eigenvalue weighted by Crippen LogP contribution is 2.13. The summed E-state index contributed by atoms with van der Waals surface area (Å²) in [5, 5.41) is 11.6. The predicted molar refractivity (Wildman–Crippen MR) is 92.6 cm³/mol. The number of nitriles is 1. The molecule has 1 aromatic heterocycles. The lowest BCUT2D eigenvalue weighted by molar-refractivity contribution is -0.119. The van der Waals surface area contributed by atoms with Gasteiger partial charge in [-0.15, -0.1) is 0 Å². The van der Waals surface area contributed by atoms with E-state index in [1.807, 2.05) is 6.07 Å². The first-order valence-corrected chi connectivity index (χ1v) is 7.57. The fourth-order valence-electron chi connectivity index (χ4n) is 2.23. The van der Waals surface area contributed by atoms with Gasteiger partial charge in [0, 0.05) is 11.8 Å². The van der Waals surface area contributed by atoms with E-state index in [9.17, 15) is 14.4 Å². The number of anilines is 1. The quantitative estimate of drug-likeness (QED) is 0.725. The molecule has 0 spiro atoms. The molecule has 0 fully saturated rings. The summed E-state index contributed by atoms with van der Waals surface area (Å²) in [4.78, 5) is 35.8. The first kappa shape index (κ1) is 16.9. The molecule has 128 valence electrons. The highest BCUT2D eigenvalue weighted by atomic mass is 16.5. The van der Waals surface area contributed by atoms with Crippen molar-refractivity contribution in [2.24, 2.45) is 0 Å². The summed E-state index contributed by atoms with van der Waals surface area (Å²) in [5.41, 5.74) is 0.804. The lowest BCUT2D eigenvalue weighted by atomic mass is 10.2. The van der Waals surface area contributed by atoms with Crippen molar-refractivity contribution in [3.8, 4) is 6.07 Å². The molecule has 3 rings (SSSR count). The van der Waals surface area contributed by atoms with Crippen LogP contribution in [0.3, 0.4) is 0 Å². The normalized spacial score (nSPS) is 10.1. The molecule has 1 heterocycles. The van der Waals surface area contributed by atoms with Crippen molar-refractivity contribution in [3.63, 3.8) is 0 Å². The van der Waals surface area contributed by atoms with Crippen LogP contribution in [0.2, 0.25) is 0 Å². The van der Waals surface area contributed by atoms with Crippen LogP contribution in [0.1, 0.15) is 16.1 Å². The first-order valence-electron chi connectivity index (χ1n) is 7.57. The zero-order valence-corrected chi connectivity index (χ0v) is 13.4. The molecule has 1 amide bonds. The summed E-state index contributed by atoms with van der Waals surface area (Å²) in [6, 6.07) is 15.7. The summed E-state index contributed by atoms with van der Waals surface area (Å²) >= 11 is 0. The average molecular weight is 348 g/mol. The minimum Gasteiger partial charge on any atom is -0.450 e. The van der Waals surface area contributed by atoms with Crippen LogP contribution in [-0.2, 0) is 9.53 Å². The third-order valence-corrected chi connectivity index (χ3v) is 3.47. The monoisotopic (exact) mass is 348 g/mol. The largest absolute Gasteiger partial charge is 0.450 e. The SMILES string of the molecule is N#Cc1ccc(NC(=O)COC(=O)c2cc(=O)c3ccccc3o2)cc1. The summed E-state index contributed by atoms with van der Waals surface area (Å²) in [5.74, 6) is -1.76. The van der Waals surface area contributed by atoms with E-state index in [4.69, 9.17) is 14.4 Å². The number of esters is 1. The fraction of sp³-hybridized carbons (Fsp3) is 0.0526. The zero-order valence-electron chi connectivity index (χ0n) is 13.4. The van der Waals surface area contributed by atoms with Gasteiger partial charge < -0.3 is 14.5 Å². The lowest BCUT2D eigenvalue weighted by Gasteiger charge is -2.06. The third kappa shape index (κ3) is 3.76. The second kappa shape index (κ2) is 7.32. The maximum Gasteiger partial charge on any atom is 0.374 e. The van der Waals surface area contributed by atoms with E-state index in [2.05, 4.69) is 5.32 Å². The van der Waals surface area contributed by atoms with Gasteiger partial charge >= 0.3 is 5.97 Å². The van der Waals surface area contributed by atoms with Crippen molar-refractivity contribution in [3.05, 3.63) is 76.1 Å². The Morgan fingerprint density at radius 2 is 1.85 bits per heavy atom. The summed E-state index contributed by atoms with van der Waals surface area (Å²) in [6.45, 7) is -0.546. The van der Waals surface area contributed by atoms with Gasteiger partial charge in [0.05, 0.1) is 17.0 Å². The van der Waals surface area contributed by atoms with E-state index in [0.29, 0.717) is 16.6 Å². The van der Waals surface area contributed by atoms with Crippen molar-refractivity contribution in [2.75, 3.05) is 11.9 Å². The molecule has 0 saturated heterocycles. The van der Waals surface area contributed by atoms with Crippen LogP contribution in [0.4, 0.5) is 5.69 Å². The molecule has 0 unspecified atom stereocenters. The molecule has 0 aliphatic heterocycles. The van der Waals surface area contributed by atoms with E-state index < -0.39 is 18.5 Å². The van der Waals surface area contributed by atoms with Crippen molar-refractivity contribution >= 4 is 28.5 Å². The van der Waals surface area contributed by atoms with Crippen LogP contribution < -0.4 is 10.7 Å². The number of fused-ring (bicyclic) bond motifs is 1. The molecule has 26 heavy (non-hydrogen) atoms. The molecule has 0 aliphatic rings. The first-order chi connectivity index (χ1) is 12.6. The highest BCUT2D eigenvalue weighted by Gasteiger charge is 2.15. The Kier molecular flexibility index (Phi) is 4.76. The molecular weight excluding hydrogens is 336 g/mol. The minimum atomic E-state index is -0.914. The topological polar surface area (TPSA) is 109 Å². The van der Waals surface area contributed by atoms with Crippen LogP contribution in [-0.4, -0.2) is 18.5 Å². The molecule has 0 saturated carbocycles. The number of para-hydroxylation sites is 1. The molecular formula is C19H12N2O5. The number of ether oxygens (including phenoxy) is 1. The highest BCUT2D eigenvalue weighted by molar-refractivity contribution is 5.95. The van der Waals surface area contributed by atoms with Gasteiger partial charge in [-0.1, -0.05) is 12.1 Å². The van der Waals surface area contributed by atoms with Crippen molar-refractivity contribution < 1.29 is 18.7 Å². The lowest BCUT2D eigenvalue weighted by Crippen LogP contribution is -2.21. The molecule has 3 aromatic rings. The zero-order chi connectivity index (χ0) is 18.5. The van der Waals surface area contributed by atoms with Crippen LogP contribution in [0.25, 0.3) is 11.0 Å².